The lowest BCUT2D eigenvalue weighted by atomic mass is 9.92. The van der Waals surface area contributed by atoms with Crippen molar-refractivity contribution in [2.45, 2.75) is 57.7 Å². The second-order valence-corrected chi connectivity index (χ2v) is 5.05. The van der Waals surface area contributed by atoms with Crippen LogP contribution < -0.4 is 0 Å². The van der Waals surface area contributed by atoms with E-state index in [-0.39, 0.29) is 12.2 Å². The molecule has 3 atom stereocenters. The van der Waals surface area contributed by atoms with Gasteiger partial charge in [0.15, 0.2) is 0 Å². The summed E-state index contributed by atoms with van der Waals surface area (Å²) in [5.74, 6) is 1.31. The van der Waals surface area contributed by atoms with Gasteiger partial charge in [0.25, 0.3) is 0 Å². The van der Waals surface area contributed by atoms with E-state index in [1.165, 1.54) is 25.7 Å². The standard InChI is InChI=1S/C12H22O2/c1-9-6-7-14-12(9)11(13)8-10-4-2-3-5-10/h9-13H,2-8H2,1H3. The summed E-state index contributed by atoms with van der Waals surface area (Å²) in [5.41, 5.74) is 0. The lowest BCUT2D eigenvalue weighted by molar-refractivity contribution is -0.0269. The molecule has 2 heteroatoms. The SMILES string of the molecule is CC1CCOC1C(O)CC1CCCC1. The summed E-state index contributed by atoms with van der Waals surface area (Å²) in [6.07, 6.45) is 7.35. The molecule has 1 aliphatic carbocycles. The molecule has 0 spiro atoms. The van der Waals surface area contributed by atoms with E-state index in [1.54, 1.807) is 0 Å². The molecule has 2 aliphatic rings. The molecular formula is C12H22O2. The molecule has 82 valence electrons. The molecule has 2 fully saturated rings. The highest BCUT2D eigenvalue weighted by atomic mass is 16.5. The fourth-order valence-electron chi connectivity index (χ4n) is 2.93. The molecule has 0 aromatic rings. The Bertz CT molecular complexity index is 175. The molecule has 0 amide bonds. The first-order valence-electron chi connectivity index (χ1n) is 6.07. The van der Waals surface area contributed by atoms with Crippen molar-refractivity contribution in [2.75, 3.05) is 6.61 Å². The Balaban J connectivity index is 1.78. The van der Waals surface area contributed by atoms with E-state index in [0.29, 0.717) is 5.92 Å². The topological polar surface area (TPSA) is 29.5 Å². The molecule has 1 saturated carbocycles. The molecule has 1 N–H and O–H groups in total. The number of ether oxygens (including phenoxy) is 1. The minimum atomic E-state index is -0.212. The molecular weight excluding hydrogens is 176 g/mol. The Morgan fingerprint density at radius 1 is 1.29 bits per heavy atom. The third-order valence-corrected chi connectivity index (χ3v) is 3.87. The van der Waals surface area contributed by atoms with Crippen LogP contribution in [0.5, 0.6) is 0 Å². The van der Waals surface area contributed by atoms with Gasteiger partial charge in [-0.15, -0.1) is 0 Å². The van der Waals surface area contributed by atoms with Crippen molar-refractivity contribution < 1.29 is 9.84 Å². The Labute approximate surface area is 86.6 Å². The molecule has 2 rings (SSSR count). The van der Waals surface area contributed by atoms with Crippen LogP contribution in [0, 0.1) is 11.8 Å². The van der Waals surface area contributed by atoms with Gasteiger partial charge >= 0.3 is 0 Å². The zero-order chi connectivity index (χ0) is 9.97. The lowest BCUT2D eigenvalue weighted by Crippen LogP contribution is -2.31. The van der Waals surface area contributed by atoms with E-state index >= 15 is 0 Å². The van der Waals surface area contributed by atoms with E-state index in [4.69, 9.17) is 4.74 Å². The number of aliphatic hydroxyl groups excluding tert-OH is 1. The number of rotatable bonds is 3. The number of aliphatic hydroxyl groups is 1. The maximum absolute atomic E-state index is 10.1. The monoisotopic (exact) mass is 198 g/mol. The maximum atomic E-state index is 10.1. The van der Waals surface area contributed by atoms with Gasteiger partial charge < -0.3 is 9.84 Å². The highest BCUT2D eigenvalue weighted by Crippen LogP contribution is 2.32. The number of hydrogen-bond donors (Lipinski definition) is 1. The molecule has 1 heterocycles. The summed E-state index contributed by atoms with van der Waals surface area (Å²) in [6, 6.07) is 0. The van der Waals surface area contributed by atoms with Gasteiger partial charge in [0, 0.05) is 6.61 Å². The van der Waals surface area contributed by atoms with E-state index < -0.39 is 0 Å². The van der Waals surface area contributed by atoms with Crippen molar-refractivity contribution in [3.8, 4) is 0 Å². The van der Waals surface area contributed by atoms with E-state index in [1.807, 2.05) is 0 Å². The van der Waals surface area contributed by atoms with Crippen LogP contribution in [0.25, 0.3) is 0 Å². The molecule has 0 aromatic heterocycles. The Morgan fingerprint density at radius 3 is 2.57 bits per heavy atom. The van der Waals surface area contributed by atoms with Gasteiger partial charge in [-0.1, -0.05) is 32.6 Å². The molecule has 1 saturated heterocycles. The third kappa shape index (κ3) is 2.29. The quantitative estimate of drug-likeness (QED) is 0.754. The predicted molar refractivity (Wildman–Crippen MR) is 56.1 cm³/mol. The summed E-state index contributed by atoms with van der Waals surface area (Å²) >= 11 is 0. The Hall–Kier alpha value is -0.0800. The van der Waals surface area contributed by atoms with Crippen LogP contribution >= 0.6 is 0 Å². The molecule has 1 aliphatic heterocycles. The zero-order valence-electron chi connectivity index (χ0n) is 9.11. The van der Waals surface area contributed by atoms with Crippen molar-refractivity contribution >= 4 is 0 Å². The summed E-state index contributed by atoms with van der Waals surface area (Å²) in [6.45, 7) is 3.03. The zero-order valence-corrected chi connectivity index (χ0v) is 9.11. The average molecular weight is 198 g/mol. The lowest BCUT2D eigenvalue weighted by Gasteiger charge is -2.23. The van der Waals surface area contributed by atoms with Gasteiger partial charge in [0.05, 0.1) is 12.2 Å². The fourth-order valence-corrected chi connectivity index (χ4v) is 2.93. The van der Waals surface area contributed by atoms with Crippen molar-refractivity contribution in [1.29, 1.82) is 0 Å². The molecule has 14 heavy (non-hydrogen) atoms. The average Bonchev–Trinajstić information content (AvgIpc) is 2.75. The largest absolute Gasteiger partial charge is 0.390 e. The summed E-state index contributed by atoms with van der Waals surface area (Å²) < 4.78 is 5.59. The first-order valence-corrected chi connectivity index (χ1v) is 6.07. The van der Waals surface area contributed by atoms with Crippen molar-refractivity contribution in [3.05, 3.63) is 0 Å². The molecule has 3 unspecified atom stereocenters. The normalized spacial score (nSPS) is 36.4. The molecule has 0 radical (unpaired) electrons. The Morgan fingerprint density at radius 2 is 2.00 bits per heavy atom. The van der Waals surface area contributed by atoms with Gasteiger partial charge in [0.2, 0.25) is 0 Å². The van der Waals surface area contributed by atoms with Gasteiger partial charge in [-0.3, -0.25) is 0 Å². The second kappa shape index (κ2) is 4.63. The highest BCUT2D eigenvalue weighted by molar-refractivity contribution is 4.82. The number of hydrogen-bond acceptors (Lipinski definition) is 2. The van der Waals surface area contributed by atoms with Gasteiger partial charge in [-0.2, -0.15) is 0 Å². The minimum Gasteiger partial charge on any atom is -0.390 e. The first-order chi connectivity index (χ1) is 6.77. The van der Waals surface area contributed by atoms with Crippen LogP contribution in [0.4, 0.5) is 0 Å². The second-order valence-electron chi connectivity index (χ2n) is 5.05. The highest BCUT2D eigenvalue weighted by Gasteiger charge is 2.32. The minimum absolute atomic E-state index is 0.121. The van der Waals surface area contributed by atoms with Crippen LogP contribution in [-0.4, -0.2) is 23.9 Å². The smallest absolute Gasteiger partial charge is 0.0860 e. The molecule has 2 nitrogen and oxygen atoms in total. The first kappa shape index (κ1) is 10.4. The predicted octanol–water partition coefficient (Wildman–Crippen LogP) is 2.35. The van der Waals surface area contributed by atoms with E-state index in [0.717, 1.165) is 25.4 Å². The summed E-state index contributed by atoms with van der Waals surface area (Å²) in [4.78, 5) is 0. The van der Waals surface area contributed by atoms with Crippen molar-refractivity contribution in [1.82, 2.24) is 0 Å². The van der Waals surface area contributed by atoms with Crippen molar-refractivity contribution in [3.63, 3.8) is 0 Å². The van der Waals surface area contributed by atoms with Gasteiger partial charge in [0.1, 0.15) is 0 Å². The van der Waals surface area contributed by atoms with Crippen LogP contribution in [0.15, 0.2) is 0 Å². The van der Waals surface area contributed by atoms with Crippen LogP contribution in [0.2, 0.25) is 0 Å². The summed E-state index contributed by atoms with van der Waals surface area (Å²) in [7, 11) is 0. The van der Waals surface area contributed by atoms with Crippen LogP contribution in [-0.2, 0) is 4.74 Å². The Kier molecular flexibility index (Phi) is 3.45. The van der Waals surface area contributed by atoms with E-state index in [9.17, 15) is 5.11 Å². The maximum Gasteiger partial charge on any atom is 0.0860 e. The molecule has 0 aromatic carbocycles. The third-order valence-electron chi connectivity index (χ3n) is 3.87. The van der Waals surface area contributed by atoms with Crippen LogP contribution in [0.3, 0.4) is 0 Å². The summed E-state index contributed by atoms with van der Waals surface area (Å²) in [5, 5.41) is 10.1. The van der Waals surface area contributed by atoms with Crippen molar-refractivity contribution in [2.24, 2.45) is 11.8 Å². The van der Waals surface area contributed by atoms with Gasteiger partial charge in [-0.05, 0) is 24.7 Å². The molecule has 0 bridgehead atoms. The fraction of sp³-hybridized carbons (Fsp3) is 1.00. The van der Waals surface area contributed by atoms with Crippen LogP contribution in [0.1, 0.15) is 45.4 Å². The van der Waals surface area contributed by atoms with E-state index in [2.05, 4.69) is 6.92 Å². The van der Waals surface area contributed by atoms with Gasteiger partial charge in [-0.25, -0.2) is 0 Å².